The first-order chi connectivity index (χ1) is 8.29. The Kier molecular flexibility index (Phi) is 3.78. The monoisotopic (exact) mass is 267 g/mol. The summed E-state index contributed by atoms with van der Waals surface area (Å²) in [5.41, 5.74) is 1.74. The molecule has 18 heavy (non-hydrogen) atoms. The second-order valence-corrected chi connectivity index (χ2v) is 4.88. The minimum absolute atomic E-state index is 0. The molecule has 2 heterocycles. The van der Waals surface area contributed by atoms with E-state index in [9.17, 15) is 4.79 Å². The van der Waals surface area contributed by atoms with E-state index in [-0.39, 0.29) is 23.9 Å². The fourth-order valence-corrected chi connectivity index (χ4v) is 2.67. The lowest BCUT2D eigenvalue weighted by atomic mass is 9.88. The number of nitrogens with one attached hydrogen (secondary N) is 3. The number of rotatable bonds is 0. The van der Waals surface area contributed by atoms with E-state index < -0.39 is 0 Å². The van der Waals surface area contributed by atoms with Gasteiger partial charge in [0.1, 0.15) is 0 Å². The topological polar surface area (TPSA) is 53.2 Å². The molecule has 0 atom stereocenters. The largest absolute Gasteiger partial charge is 0.377 e. The Morgan fingerprint density at radius 1 is 1.11 bits per heavy atom. The maximum Gasteiger partial charge on any atom is 0.253 e. The molecule has 1 spiro atoms. The average molecular weight is 268 g/mol. The maximum absolute atomic E-state index is 12.0. The molecule has 1 fully saturated rings. The molecule has 0 aliphatic carbocycles. The minimum atomic E-state index is 0. The van der Waals surface area contributed by atoms with Crippen molar-refractivity contribution in [3.05, 3.63) is 29.8 Å². The molecule has 1 saturated heterocycles. The van der Waals surface area contributed by atoms with Crippen LogP contribution in [-0.4, -0.2) is 31.1 Å². The number of piperidine rings is 1. The lowest BCUT2D eigenvalue weighted by Crippen LogP contribution is -2.53. The van der Waals surface area contributed by atoms with Crippen molar-refractivity contribution in [3.63, 3.8) is 0 Å². The van der Waals surface area contributed by atoms with E-state index in [1.54, 1.807) is 0 Å². The van der Waals surface area contributed by atoms with Crippen molar-refractivity contribution >= 4 is 24.0 Å². The lowest BCUT2D eigenvalue weighted by molar-refractivity contribution is 0.0947. The van der Waals surface area contributed by atoms with Crippen molar-refractivity contribution in [2.24, 2.45) is 0 Å². The van der Waals surface area contributed by atoms with Gasteiger partial charge in [-0.3, -0.25) is 4.79 Å². The number of carbonyl (C=O) groups is 1. The van der Waals surface area contributed by atoms with Gasteiger partial charge >= 0.3 is 0 Å². The summed E-state index contributed by atoms with van der Waals surface area (Å²) >= 11 is 0. The quantitative estimate of drug-likeness (QED) is 0.666. The van der Waals surface area contributed by atoms with Crippen LogP contribution in [0.3, 0.4) is 0 Å². The van der Waals surface area contributed by atoms with Crippen molar-refractivity contribution in [3.8, 4) is 0 Å². The number of carbonyl (C=O) groups excluding carboxylic acids is 1. The predicted octanol–water partition coefficient (Wildman–Crippen LogP) is 1.39. The maximum atomic E-state index is 12.0. The summed E-state index contributed by atoms with van der Waals surface area (Å²) < 4.78 is 0. The number of para-hydroxylation sites is 1. The number of hydrogen-bond donors (Lipinski definition) is 3. The molecule has 0 aromatic heterocycles. The highest BCUT2D eigenvalue weighted by Crippen LogP contribution is 2.28. The van der Waals surface area contributed by atoms with Crippen LogP contribution in [-0.2, 0) is 0 Å². The number of hydrogen-bond acceptors (Lipinski definition) is 3. The third-order valence-corrected chi connectivity index (χ3v) is 3.72. The zero-order valence-corrected chi connectivity index (χ0v) is 11.0. The Balaban J connectivity index is 0.00000120. The van der Waals surface area contributed by atoms with E-state index in [4.69, 9.17) is 0 Å². The number of halogens is 1. The summed E-state index contributed by atoms with van der Waals surface area (Å²) in [5, 5.41) is 9.97. The Morgan fingerprint density at radius 3 is 2.61 bits per heavy atom. The highest BCUT2D eigenvalue weighted by atomic mass is 35.5. The summed E-state index contributed by atoms with van der Waals surface area (Å²) in [7, 11) is 0. The molecular weight excluding hydrogens is 250 g/mol. The Labute approximate surface area is 113 Å². The molecule has 1 aromatic rings. The van der Waals surface area contributed by atoms with Crippen molar-refractivity contribution < 1.29 is 4.79 Å². The molecule has 5 heteroatoms. The summed E-state index contributed by atoms with van der Waals surface area (Å²) in [5.74, 6) is 0.0310. The molecule has 1 amide bonds. The van der Waals surface area contributed by atoms with Gasteiger partial charge in [-0.05, 0) is 38.1 Å². The minimum Gasteiger partial charge on any atom is -0.377 e. The van der Waals surface area contributed by atoms with E-state index in [2.05, 4.69) is 16.0 Å². The van der Waals surface area contributed by atoms with Gasteiger partial charge < -0.3 is 16.0 Å². The Bertz CT molecular complexity index is 444. The smallest absolute Gasteiger partial charge is 0.253 e. The SMILES string of the molecule is Cl.O=C1NCC2(CCNCC2)Nc2ccccc21. The van der Waals surface area contributed by atoms with Crippen LogP contribution in [0.1, 0.15) is 23.2 Å². The van der Waals surface area contributed by atoms with Crippen LogP contribution in [0, 0.1) is 0 Å². The zero-order chi connectivity index (χ0) is 11.7. The van der Waals surface area contributed by atoms with E-state index in [0.717, 1.165) is 37.2 Å². The van der Waals surface area contributed by atoms with Gasteiger partial charge in [0.05, 0.1) is 11.1 Å². The first-order valence-corrected chi connectivity index (χ1v) is 6.15. The molecule has 2 aliphatic heterocycles. The molecule has 0 unspecified atom stereocenters. The first-order valence-electron chi connectivity index (χ1n) is 6.15. The molecule has 0 bridgehead atoms. The van der Waals surface area contributed by atoms with Crippen LogP contribution in [0.2, 0.25) is 0 Å². The number of amides is 1. The number of fused-ring (bicyclic) bond motifs is 1. The number of benzene rings is 1. The van der Waals surface area contributed by atoms with E-state index in [1.165, 1.54) is 0 Å². The molecular formula is C13H18ClN3O. The Morgan fingerprint density at radius 2 is 1.83 bits per heavy atom. The lowest BCUT2D eigenvalue weighted by Gasteiger charge is -2.38. The fraction of sp³-hybridized carbons (Fsp3) is 0.462. The Hall–Kier alpha value is -1.26. The highest BCUT2D eigenvalue weighted by molar-refractivity contribution is 6.00. The van der Waals surface area contributed by atoms with Crippen LogP contribution >= 0.6 is 12.4 Å². The van der Waals surface area contributed by atoms with Gasteiger partial charge in [0.2, 0.25) is 0 Å². The van der Waals surface area contributed by atoms with Crippen molar-refractivity contribution in [1.82, 2.24) is 10.6 Å². The summed E-state index contributed by atoms with van der Waals surface area (Å²) in [6, 6.07) is 7.74. The van der Waals surface area contributed by atoms with Gasteiger partial charge in [-0.25, -0.2) is 0 Å². The van der Waals surface area contributed by atoms with Crippen molar-refractivity contribution in [2.75, 3.05) is 25.0 Å². The number of anilines is 1. The molecule has 98 valence electrons. The second kappa shape index (κ2) is 5.16. The summed E-state index contributed by atoms with van der Waals surface area (Å²) in [4.78, 5) is 12.0. The van der Waals surface area contributed by atoms with E-state index >= 15 is 0 Å². The second-order valence-electron chi connectivity index (χ2n) is 4.88. The average Bonchev–Trinajstić information content (AvgIpc) is 2.50. The standard InChI is InChI=1S/C13H17N3O.ClH/c17-12-10-3-1-2-4-11(10)16-13(9-15-12)5-7-14-8-6-13;/h1-4,14,16H,5-9H2,(H,15,17);1H. The molecule has 4 nitrogen and oxygen atoms in total. The van der Waals surface area contributed by atoms with Crippen LogP contribution in [0.15, 0.2) is 24.3 Å². The van der Waals surface area contributed by atoms with E-state index in [1.807, 2.05) is 24.3 Å². The molecule has 3 rings (SSSR count). The normalized spacial score (nSPS) is 21.0. The van der Waals surface area contributed by atoms with Crippen LogP contribution in [0.4, 0.5) is 5.69 Å². The molecule has 0 saturated carbocycles. The van der Waals surface area contributed by atoms with Crippen LogP contribution in [0.5, 0.6) is 0 Å². The van der Waals surface area contributed by atoms with Gasteiger partial charge in [-0.15, -0.1) is 12.4 Å². The highest BCUT2D eigenvalue weighted by Gasteiger charge is 2.35. The first kappa shape index (κ1) is 13.2. The third-order valence-electron chi connectivity index (χ3n) is 3.72. The zero-order valence-electron chi connectivity index (χ0n) is 10.2. The van der Waals surface area contributed by atoms with Gasteiger partial charge in [0.25, 0.3) is 5.91 Å². The van der Waals surface area contributed by atoms with Gasteiger partial charge in [0, 0.05) is 12.2 Å². The molecule has 3 N–H and O–H groups in total. The predicted molar refractivity (Wildman–Crippen MR) is 74.5 cm³/mol. The summed E-state index contributed by atoms with van der Waals surface area (Å²) in [6.07, 6.45) is 2.09. The van der Waals surface area contributed by atoms with Crippen LogP contribution < -0.4 is 16.0 Å². The van der Waals surface area contributed by atoms with Crippen LogP contribution in [0.25, 0.3) is 0 Å². The van der Waals surface area contributed by atoms with Crippen molar-refractivity contribution in [1.29, 1.82) is 0 Å². The molecule has 0 radical (unpaired) electrons. The summed E-state index contributed by atoms with van der Waals surface area (Å²) in [6.45, 7) is 2.72. The molecule has 2 aliphatic rings. The van der Waals surface area contributed by atoms with Gasteiger partial charge in [0.15, 0.2) is 0 Å². The van der Waals surface area contributed by atoms with E-state index in [0.29, 0.717) is 6.54 Å². The van der Waals surface area contributed by atoms with Crippen molar-refractivity contribution in [2.45, 2.75) is 18.4 Å². The van der Waals surface area contributed by atoms with Gasteiger partial charge in [-0.2, -0.15) is 0 Å². The third kappa shape index (κ3) is 2.31. The molecule has 1 aromatic carbocycles. The van der Waals surface area contributed by atoms with Gasteiger partial charge in [-0.1, -0.05) is 12.1 Å². The fourth-order valence-electron chi connectivity index (χ4n) is 2.67.